The second-order valence-electron chi connectivity index (χ2n) is 11.2. The summed E-state index contributed by atoms with van der Waals surface area (Å²) in [5.74, 6) is 1.42. The van der Waals surface area contributed by atoms with E-state index < -0.39 is 40.9 Å². The second-order valence-corrected chi connectivity index (χ2v) is 11.2. The summed E-state index contributed by atoms with van der Waals surface area (Å²) in [5, 5.41) is 0. The highest BCUT2D eigenvalue weighted by Gasteiger charge is 2.64. The Kier molecular flexibility index (Phi) is 8.63. The van der Waals surface area contributed by atoms with E-state index in [0.717, 1.165) is 16.7 Å². The first kappa shape index (κ1) is 30.8. The Morgan fingerprint density at radius 2 is 1.53 bits per heavy atom. The minimum atomic E-state index is -1.11. The Labute approximate surface area is 260 Å². The van der Waals surface area contributed by atoms with E-state index in [9.17, 15) is 9.59 Å². The number of aromatic amines is 1. The highest BCUT2D eigenvalue weighted by Crippen LogP contribution is 2.49. The third-order valence-electron chi connectivity index (χ3n) is 8.52. The predicted molar refractivity (Wildman–Crippen MR) is 166 cm³/mol. The Morgan fingerprint density at radius 3 is 2.11 bits per heavy atom. The third-order valence-corrected chi connectivity index (χ3v) is 8.52. The molecule has 11 heteroatoms. The third kappa shape index (κ3) is 5.47. The Balaban J connectivity index is 1.46. The number of methoxy groups -OCH3 is 2. The summed E-state index contributed by atoms with van der Waals surface area (Å²) in [6.45, 7) is 2.36. The summed E-state index contributed by atoms with van der Waals surface area (Å²) in [5.41, 5.74) is 5.52. The fraction of sp³-hybridized carbons (Fsp3) is 0.353. The van der Waals surface area contributed by atoms with Crippen molar-refractivity contribution in [1.29, 1.82) is 0 Å². The summed E-state index contributed by atoms with van der Waals surface area (Å²) in [4.78, 5) is 27.4. The number of hydrogen-bond acceptors (Lipinski definition) is 9. The first-order chi connectivity index (χ1) is 21.8. The summed E-state index contributed by atoms with van der Waals surface area (Å²) in [7, 11) is 3.25. The topological polar surface area (TPSA) is 136 Å². The molecule has 6 rings (SSSR count). The van der Waals surface area contributed by atoms with Gasteiger partial charge in [0, 0.05) is 18.3 Å². The van der Waals surface area contributed by atoms with Gasteiger partial charge in [-0.3, -0.25) is 14.3 Å². The second kappa shape index (κ2) is 12.6. The molecular formula is C34H37N3O8. The van der Waals surface area contributed by atoms with Crippen LogP contribution in [-0.2, 0) is 24.5 Å². The largest absolute Gasteiger partial charge is 0.497 e. The van der Waals surface area contributed by atoms with Crippen molar-refractivity contribution in [1.82, 2.24) is 9.55 Å². The van der Waals surface area contributed by atoms with Crippen molar-refractivity contribution in [3.8, 4) is 11.5 Å². The molecule has 0 aliphatic carbocycles. The molecule has 3 aromatic carbocycles. The van der Waals surface area contributed by atoms with Crippen molar-refractivity contribution in [3.05, 3.63) is 128 Å². The van der Waals surface area contributed by atoms with E-state index in [-0.39, 0.29) is 26.4 Å². The maximum absolute atomic E-state index is 12.9. The number of rotatable bonds is 12. The zero-order valence-corrected chi connectivity index (χ0v) is 25.4. The lowest BCUT2D eigenvalue weighted by molar-refractivity contribution is -0.205. The molecule has 4 aromatic rings. The molecule has 0 spiro atoms. The first-order valence-corrected chi connectivity index (χ1v) is 14.8. The molecule has 0 amide bonds. The van der Waals surface area contributed by atoms with Gasteiger partial charge >= 0.3 is 5.69 Å². The van der Waals surface area contributed by atoms with Crippen molar-refractivity contribution < 1.29 is 28.4 Å². The van der Waals surface area contributed by atoms with E-state index in [1.807, 2.05) is 78.9 Å². The average molecular weight is 616 g/mol. The van der Waals surface area contributed by atoms with Gasteiger partial charge in [0.25, 0.3) is 5.56 Å². The van der Waals surface area contributed by atoms with E-state index in [4.69, 9.17) is 34.2 Å². The SMILES string of the molecule is COc1ccc(C(OC[C@@]23COC([C@H](n4cc(C)c(=O)[nH]c4=O)O2)[C@@H]3OCCN)(c2ccccc2)c2ccc(OC)cc2)cc1. The first-order valence-electron chi connectivity index (χ1n) is 14.8. The number of nitrogens with zero attached hydrogens (tertiary/aromatic N) is 1. The summed E-state index contributed by atoms with van der Waals surface area (Å²) in [6.07, 6.45) is -0.629. The number of benzene rings is 3. The maximum Gasteiger partial charge on any atom is 0.330 e. The smallest absolute Gasteiger partial charge is 0.330 e. The van der Waals surface area contributed by atoms with Crippen LogP contribution in [0.2, 0.25) is 0 Å². The maximum atomic E-state index is 12.9. The van der Waals surface area contributed by atoms with E-state index in [0.29, 0.717) is 17.1 Å². The van der Waals surface area contributed by atoms with Gasteiger partial charge in [-0.2, -0.15) is 0 Å². The molecule has 2 bridgehead atoms. The Bertz CT molecular complexity index is 1670. The van der Waals surface area contributed by atoms with Gasteiger partial charge in [-0.15, -0.1) is 0 Å². The molecule has 3 N–H and O–H groups in total. The molecule has 0 saturated carbocycles. The average Bonchev–Trinajstić information content (AvgIpc) is 3.58. The molecule has 236 valence electrons. The number of nitrogens with one attached hydrogen (secondary N) is 1. The number of hydrogen-bond donors (Lipinski definition) is 2. The van der Waals surface area contributed by atoms with E-state index >= 15 is 0 Å². The van der Waals surface area contributed by atoms with Crippen LogP contribution in [0.15, 0.2) is 94.6 Å². The summed E-state index contributed by atoms with van der Waals surface area (Å²) >= 11 is 0. The van der Waals surface area contributed by atoms with Crippen molar-refractivity contribution in [2.24, 2.45) is 5.73 Å². The monoisotopic (exact) mass is 615 g/mol. The molecule has 3 heterocycles. The molecule has 1 aromatic heterocycles. The number of nitrogens with two attached hydrogens (primary N) is 1. The fourth-order valence-corrected chi connectivity index (χ4v) is 6.24. The number of aromatic nitrogens is 2. The summed E-state index contributed by atoms with van der Waals surface area (Å²) < 4.78 is 38.6. The zero-order valence-electron chi connectivity index (χ0n) is 25.4. The number of ether oxygens (including phenoxy) is 6. The van der Waals surface area contributed by atoms with Crippen LogP contribution >= 0.6 is 0 Å². The fourth-order valence-electron chi connectivity index (χ4n) is 6.24. The Hall–Kier alpha value is -4.26. The summed E-state index contributed by atoms with van der Waals surface area (Å²) in [6, 6.07) is 25.4. The molecule has 2 saturated heterocycles. The molecule has 2 aliphatic rings. The number of fused-ring (bicyclic) bond motifs is 2. The van der Waals surface area contributed by atoms with Crippen LogP contribution < -0.4 is 26.5 Å². The molecule has 2 aliphatic heterocycles. The molecule has 4 atom stereocenters. The van der Waals surface area contributed by atoms with Crippen LogP contribution in [0, 0.1) is 6.92 Å². The van der Waals surface area contributed by atoms with Gasteiger partial charge in [-0.25, -0.2) is 4.79 Å². The van der Waals surface area contributed by atoms with Crippen molar-refractivity contribution in [3.63, 3.8) is 0 Å². The molecular weight excluding hydrogens is 578 g/mol. The minimum Gasteiger partial charge on any atom is -0.497 e. The van der Waals surface area contributed by atoms with Crippen LogP contribution in [-0.4, -0.2) is 67.9 Å². The zero-order chi connectivity index (χ0) is 31.6. The van der Waals surface area contributed by atoms with Gasteiger partial charge in [-0.05, 0) is 47.9 Å². The molecule has 11 nitrogen and oxygen atoms in total. The van der Waals surface area contributed by atoms with Crippen molar-refractivity contribution in [2.45, 2.75) is 36.6 Å². The van der Waals surface area contributed by atoms with Gasteiger partial charge in [0.05, 0.1) is 34.0 Å². The van der Waals surface area contributed by atoms with E-state index in [1.165, 1.54) is 10.8 Å². The van der Waals surface area contributed by atoms with E-state index in [1.54, 1.807) is 21.1 Å². The predicted octanol–water partition coefficient (Wildman–Crippen LogP) is 2.88. The minimum absolute atomic E-state index is 0.0271. The van der Waals surface area contributed by atoms with E-state index in [2.05, 4.69) is 4.98 Å². The van der Waals surface area contributed by atoms with Gasteiger partial charge < -0.3 is 34.2 Å². The molecule has 2 fully saturated rings. The lowest BCUT2D eigenvalue weighted by Crippen LogP contribution is -2.49. The molecule has 45 heavy (non-hydrogen) atoms. The highest BCUT2D eigenvalue weighted by atomic mass is 16.7. The van der Waals surface area contributed by atoms with Crippen LogP contribution in [0.3, 0.4) is 0 Å². The van der Waals surface area contributed by atoms with Crippen molar-refractivity contribution >= 4 is 0 Å². The van der Waals surface area contributed by atoms with Crippen LogP contribution in [0.4, 0.5) is 0 Å². The lowest BCUT2D eigenvalue weighted by Gasteiger charge is -2.40. The quantitative estimate of drug-likeness (QED) is 0.231. The highest BCUT2D eigenvalue weighted by molar-refractivity contribution is 5.49. The van der Waals surface area contributed by atoms with Crippen molar-refractivity contribution in [2.75, 3.05) is 40.6 Å². The molecule has 0 radical (unpaired) electrons. The standard InChI is InChI=1S/C34H37N3O8/c1-22-19-37(32(39)36-30(22)38)31-28-29(42-18-17-35)33(45-31,20-43-28)21-44-34(23-7-5-4-6-8-23,24-9-13-26(40-2)14-10-24)25-11-15-27(41-3)16-12-25/h4-16,19,28-29,31H,17-18,20-21,35H2,1-3H3,(H,36,38,39)/t28?,29-,31+,33+/m0/s1. The Morgan fingerprint density at radius 1 is 0.933 bits per heavy atom. The van der Waals surface area contributed by atoms with Crippen LogP contribution in [0.25, 0.3) is 0 Å². The van der Waals surface area contributed by atoms with Crippen LogP contribution in [0.5, 0.6) is 11.5 Å². The van der Waals surface area contributed by atoms with Gasteiger partial charge in [0.2, 0.25) is 0 Å². The normalized spacial score (nSPS) is 22.4. The van der Waals surface area contributed by atoms with Gasteiger partial charge in [0.1, 0.15) is 34.9 Å². The number of H-pyrrole nitrogens is 1. The van der Waals surface area contributed by atoms with Crippen LogP contribution in [0.1, 0.15) is 28.5 Å². The van der Waals surface area contributed by atoms with Gasteiger partial charge in [-0.1, -0.05) is 54.6 Å². The number of aryl methyl sites for hydroxylation is 1. The van der Waals surface area contributed by atoms with Gasteiger partial charge in [0.15, 0.2) is 6.23 Å². The lowest BCUT2D eigenvalue weighted by atomic mass is 9.79. The molecule has 1 unspecified atom stereocenters.